The number of methoxy groups -OCH3 is 1. The van der Waals surface area contributed by atoms with Gasteiger partial charge >= 0.3 is 11.7 Å². The third kappa shape index (κ3) is 4.31. The van der Waals surface area contributed by atoms with Crippen molar-refractivity contribution < 1.29 is 14.3 Å². The van der Waals surface area contributed by atoms with E-state index in [-0.39, 0.29) is 23.4 Å². The van der Waals surface area contributed by atoms with E-state index in [9.17, 15) is 14.4 Å². The van der Waals surface area contributed by atoms with Crippen LogP contribution in [0.5, 0.6) is 5.75 Å². The quantitative estimate of drug-likeness (QED) is 0.455. The van der Waals surface area contributed by atoms with Crippen molar-refractivity contribution in [3.8, 4) is 11.8 Å². The lowest BCUT2D eigenvalue weighted by molar-refractivity contribution is 0.0478. The molecule has 0 saturated heterocycles. The highest BCUT2D eigenvalue weighted by Crippen LogP contribution is 2.22. The molecule has 2 aromatic heterocycles. The van der Waals surface area contributed by atoms with Gasteiger partial charge in [-0.25, -0.2) is 9.59 Å². The standard InChI is InChI=1S/C23H17N3O5S/c1-30-17-4-2-3-16(9-17)13-31-22(28)19-10-18-20(32-19)25-23(29)26(21(18)27)12-15-7-5-14(11-24)6-8-15/h2-10H,12-13H2,1H3,(H,25,29). The predicted molar refractivity (Wildman–Crippen MR) is 119 cm³/mol. The Morgan fingerprint density at radius 3 is 2.62 bits per heavy atom. The number of hydrogen-bond acceptors (Lipinski definition) is 7. The molecule has 8 nitrogen and oxygen atoms in total. The smallest absolute Gasteiger partial charge is 0.348 e. The Labute approximate surface area is 185 Å². The second kappa shape index (κ2) is 8.91. The van der Waals surface area contributed by atoms with Gasteiger partial charge in [-0.2, -0.15) is 5.26 Å². The lowest BCUT2D eigenvalue weighted by atomic mass is 10.1. The molecule has 0 unspecified atom stereocenters. The number of benzene rings is 2. The average molecular weight is 447 g/mol. The maximum Gasteiger partial charge on any atom is 0.348 e. The molecule has 0 bridgehead atoms. The monoisotopic (exact) mass is 447 g/mol. The summed E-state index contributed by atoms with van der Waals surface area (Å²) in [5.74, 6) is 0.0636. The molecule has 0 spiro atoms. The molecular formula is C23H17N3O5S. The zero-order chi connectivity index (χ0) is 22.7. The van der Waals surface area contributed by atoms with Crippen molar-refractivity contribution in [2.75, 3.05) is 7.11 Å². The summed E-state index contributed by atoms with van der Waals surface area (Å²) in [6.45, 7) is 0.0883. The minimum absolute atomic E-state index is 0.0429. The molecule has 2 heterocycles. The number of esters is 1. The maximum atomic E-state index is 12.9. The van der Waals surface area contributed by atoms with Gasteiger partial charge in [-0.1, -0.05) is 24.3 Å². The molecule has 0 aliphatic rings. The van der Waals surface area contributed by atoms with Crippen molar-refractivity contribution in [2.24, 2.45) is 0 Å². The van der Waals surface area contributed by atoms with Gasteiger partial charge in [0.2, 0.25) is 0 Å². The Kier molecular flexibility index (Phi) is 5.87. The first-order valence-corrected chi connectivity index (χ1v) is 10.4. The summed E-state index contributed by atoms with van der Waals surface area (Å²) in [7, 11) is 1.55. The van der Waals surface area contributed by atoms with Gasteiger partial charge in [0.1, 0.15) is 22.1 Å². The fourth-order valence-corrected chi connectivity index (χ4v) is 4.07. The largest absolute Gasteiger partial charge is 0.497 e. The van der Waals surface area contributed by atoms with E-state index in [1.54, 1.807) is 55.6 Å². The SMILES string of the molecule is COc1cccc(COC(=O)c2cc3c(=O)n(Cc4ccc(C#N)cc4)c(=O)[nH]c3s2)c1. The van der Waals surface area contributed by atoms with Crippen molar-refractivity contribution >= 4 is 27.5 Å². The maximum absolute atomic E-state index is 12.9. The molecule has 0 radical (unpaired) electrons. The summed E-state index contributed by atoms with van der Waals surface area (Å²) >= 11 is 0.992. The van der Waals surface area contributed by atoms with Crippen LogP contribution in [0.25, 0.3) is 10.2 Å². The molecule has 4 aromatic rings. The summed E-state index contributed by atoms with van der Waals surface area (Å²) in [6, 6.07) is 17.2. The zero-order valence-electron chi connectivity index (χ0n) is 17.0. The molecule has 0 amide bonds. The van der Waals surface area contributed by atoms with E-state index in [0.29, 0.717) is 21.7 Å². The van der Waals surface area contributed by atoms with E-state index in [4.69, 9.17) is 14.7 Å². The first kappa shape index (κ1) is 21.1. The van der Waals surface area contributed by atoms with Crippen LogP contribution in [0.1, 0.15) is 26.4 Å². The number of aromatic amines is 1. The van der Waals surface area contributed by atoms with Crippen LogP contribution >= 0.6 is 11.3 Å². The van der Waals surface area contributed by atoms with E-state index in [0.717, 1.165) is 21.5 Å². The number of H-pyrrole nitrogens is 1. The van der Waals surface area contributed by atoms with Crippen LogP contribution in [-0.4, -0.2) is 22.6 Å². The zero-order valence-corrected chi connectivity index (χ0v) is 17.8. The number of aromatic nitrogens is 2. The Morgan fingerprint density at radius 2 is 1.91 bits per heavy atom. The average Bonchev–Trinajstić information content (AvgIpc) is 3.25. The Bertz CT molecular complexity index is 1460. The molecule has 32 heavy (non-hydrogen) atoms. The Morgan fingerprint density at radius 1 is 1.12 bits per heavy atom. The van der Waals surface area contributed by atoms with Gasteiger partial charge < -0.3 is 9.47 Å². The molecule has 0 aliphatic carbocycles. The topological polar surface area (TPSA) is 114 Å². The Balaban J connectivity index is 1.57. The highest BCUT2D eigenvalue weighted by atomic mass is 32.1. The number of nitriles is 1. The van der Waals surface area contributed by atoms with Crippen molar-refractivity contribution in [1.29, 1.82) is 5.26 Å². The molecular weight excluding hydrogens is 430 g/mol. The predicted octanol–water partition coefficient (Wildman–Crippen LogP) is 3.04. The molecule has 160 valence electrons. The van der Waals surface area contributed by atoms with Gasteiger partial charge in [-0.3, -0.25) is 14.3 Å². The number of fused-ring (bicyclic) bond motifs is 1. The lowest BCUT2D eigenvalue weighted by Gasteiger charge is -2.05. The van der Waals surface area contributed by atoms with Gasteiger partial charge in [-0.15, -0.1) is 11.3 Å². The normalized spacial score (nSPS) is 10.6. The van der Waals surface area contributed by atoms with Crippen molar-refractivity contribution in [3.05, 3.63) is 97.0 Å². The number of hydrogen-bond donors (Lipinski definition) is 1. The number of nitrogens with one attached hydrogen (secondary N) is 1. The molecule has 2 aromatic carbocycles. The second-order valence-electron chi connectivity index (χ2n) is 6.91. The summed E-state index contributed by atoms with van der Waals surface area (Å²) in [6.07, 6.45) is 0. The van der Waals surface area contributed by atoms with Gasteiger partial charge in [0.05, 0.1) is 30.7 Å². The number of nitrogens with zero attached hydrogens (tertiary/aromatic N) is 2. The van der Waals surface area contributed by atoms with E-state index in [2.05, 4.69) is 4.98 Å². The Hall–Kier alpha value is -4.16. The number of thiophene rings is 1. The number of rotatable bonds is 6. The first-order valence-electron chi connectivity index (χ1n) is 9.54. The fraction of sp³-hybridized carbons (Fsp3) is 0.130. The van der Waals surface area contributed by atoms with Gasteiger partial charge in [0.15, 0.2) is 0 Å². The van der Waals surface area contributed by atoms with E-state index in [1.807, 2.05) is 6.07 Å². The van der Waals surface area contributed by atoms with Crippen LogP contribution in [0.2, 0.25) is 0 Å². The summed E-state index contributed by atoms with van der Waals surface area (Å²) in [5, 5.41) is 9.13. The molecule has 0 saturated carbocycles. The van der Waals surface area contributed by atoms with E-state index < -0.39 is 17.2 Å². The fourth-order valence-electron chi connectivity index (χ4n) is 3.14. The minimum Gasteiger partial charge on any atom is -0.497 e. The highest BCUT2D eigenvalue weighted by Gasteiger charge is 2.17. The minimum atomic E-state index is -0.590. The molecule has 1 N–H and O–H groups in total. The van der Waals surface area contributed by atoms with Crippen molar-refractivity contribution in [3.63, 3.8) is 0 Å². The first-order chi connectivity index (χ1) is 15.5. The van der Waals surface area contributed by atoms with Gasteiger partial charge in [0, 0.05) is 0 Å². The van der Waals surface area contributed by atoms with Crippen LogP contribution in [0.4, 0.5) is 0 Å². The van der Waals surface area contributed by atoms with Crippen LogP contribution in [0, 0.1) is 11.3 Å². The highest BCUT2D eigenvalue weighted by molar-refractivity contribution is 7.20. The third-order valence-electron chi connectivity index (χ3n) is 4.80. The van der Waals surface area contributed by atoms with Crippen molar-refractivity contribution in [1.82, 2.24) is 9.55 Å². The van der Waals surface area contributed by atoms with Crippen molar-refractivity contribution in [2.45, 2.75) is 13.2 Å². The molecule has 9 heteroatoms. The van der Waals surface area contributed by atoms with Crippen LogP contribution in [-0.2, 0) is 17.9 Å². The second-order valence-corrected chi connectivity index (χ2v) is 7.96. The third-order valence-corrected chi connectivity index (χ3v) is 5.83. The number of ether oxygens (including phenoxy) is 2. The van der Waals surface area contributed by atoms with E-state index >= 15 is 0 Å². The summed E-state index contributed by atoms with van der Waals surface area (Å²) < 4.78 is 11.6. The molecule has 0 atom stereocenters. The summed E-state index contributed by atoms with van der Waals surface area (Å²) in [5.41, 5.74) is 0.864. The molecule has 0 fully saturated rings. The van der Waals surface area contributed by atoms with Gasteiger partial charge in [-0.05, 0) is 41.5 Å². The van der Waals surface area contributed by atoms with Crippen LogP contribution in [0.3, 0.4) is 0 Å². The van der Waals surface area contributed by atoms with Crippen LogP contribution in [0.15, 0.2) is 64.2 Å². The summed E-state index contributed by atoms with van der Waals surface area (Å²) in [4.78, 5) is 41.0. The van der Waals surface area contributed by atoms with Crippen LogP contribution < -0.4 is 16.0 Å². The molecule has 0 aliphatic heterocycles. The van der Waals surface area contributed by atoms with E-state index in [1.165, 1.54) is 6.07 Å². The van der Waals surface area contributed by atoms with Gasteiger partial charge in [0.25, 0.3) is 5.56 Å². The lowest BCUT2D eigenvalue weighted by Crippen LogP contribution is -2.34. The molecule has 4 rings (SSSR count). The number of carbonyl (C=O) groups excluding carboxylic acids is 1. The number of carbonyl (C=O) groups is 1.